The van der Waals surface area contributed by atoms with Gasteiger partial charge in [-0.15, -0.1) is 12.4 Å². The quantitative estimate of drug-likeness (QED) is 0.888. The average molecular weight is 367 g/mol. The number of ether oxygens (including phenoxy) is 1. The Bertz CT molecular complexity index is 652. The van der Waals surface area contributed by atoms with Gasteiger partial charge in [0.25, 0.3) is 0 Å². The zero-order valence-electron chi connectivity index (χ0n) is 13.6. The van der Waals surface area contributed by atoms with Crippen molar-refractivity contribution in [2.45, 2.75) is 50.1 Å². The van der Waals surface area contributed by atoms with Crippen LogP contribution in [-0.2, 0) is 10.0 Å². The maximum Gasteiger partial charge on any atom is 0.243 e. The molecule has 0 aromatic heterocycles. The summed E-state index contributed by atoms with van der Waals surface area (Å²) in [6, 6.07) is 2.24. The standard InChI is InChI=1S/C15H23FN2O3S.ClH/c1-10-14(8-7-13(21-3)15(10)16)22(19,20)18-9-5-4-6-12(18)11(2)17;/h7-8,11-12H,4-6,9,17H2,1-3H3;1H. The number of hydrogen-bond donors (Lipinski definition) is 1. The van der Waals surface area contributed by atoms with Crippen molar-refractivity contribution in [1.82, 2.24) is 4.31 Å². The first-order valence-corrected chi connectivity index (χ1v) is 8.85. The summed E-state index contributed by atoms with van der Waals surface area (Å²) in [5.41, 5.74) is 6.02. The van der Waals surface area contributed by atoms with Crippen LogP contribution in [0, 0.1) is 12.7 Å². The number of hydrogen-bond acceptors (Lipinski definition) is 4. The van der Waals surface area contributed by atoms with Crippen LogP contribution in [0.1, 0.15) is 31.7 Å². The summed E-state index contributed by atoms with van der Waals surface area (Å²) >= 11 is 0. The maximum absolute atomic E-state index is 14.2. The van der Waals surface area contributed by atoms with Crippen molar-refractivity contribution in [3.63, 3.8) is 0 Å². The molecule has 23 heavy (non-hydrogen) atoms. The molecule has 0 aliphatic carbocycles. The van der Waals surface area contributed by atoms with Crippen molar-refractivity contribution >= 4 is 22.4 Å². The lowest BCUT2D eigenvalue weighted by molar-refractivity contribution is 0.227. The molecule has 1 aromatic rings. The highest BCUT2D eigenvalue weighted by molar-refractivity contribution is 7.89. The van der Waals surface area contributed by atoms with Gasteiger partial charge in [0.15, 0.2) is 11.6 Å². The van der Waals surface area contributed by atoms with Gasteiger partial charge in [-0.1, -0.05) is 6.42 Å². The second-order valence-electron chi connectivity index (χ2n) is 5.74. The molecule has 5 nitrogen and oxygen atoms in total. The molecule has 132 valence electrons. The number of benzene rings is 1. The fourth-order valence-corrected chi connectivity index (χ4v) is 4.95. The number of halogens is 2. The summed E-state index contributed by atoms with van der Waals surface area (Å²) in [6.07, 6.45) is 2.48. The van der Waals surface area contributed by atoms with Gasteiger partial charge >= 0.3 is 0 Å². The molecular formula is C15H24ClFN2O3S. The first-order valence-electron chi connectivity index (χ1n) is 7.41. The lowest BCUT2D eigenvalue weighted by atomic mass is 10.00. The number of nitrogens with two attached hydrogens (primary N) is 1. The van der Waals surface area contributed by atoms with E-state index in [0.29, 0.717) is 6.54 Å². The Hall–Kier alpha value is -0.890. The Kier molecular flexibility index (Phi) is 6.82. The molecule has 1 aromatic carbocycles. The molecule has 0 amide bonds. The average Bonchev–Trinajstić information content (AvgIpc) is 2.49. The summed E-state index contributed by atoms with van der Waals surface area (Å²) in [7, 11) is -2.43. The lowest BCUT2D eigenvalue weighted by Crippen LogP contribution is -2.51. The Balaban J connectivity index is 0.00000264. The molecule has 2 atom stereocenters. The molecule has 1 fully saturated rings. The van der Waals surface area contributed by atoms with Crippen LogP contribution in [0.15, 0.2) is 17.0 Å². The molecule has 2 unspecified atom stereocenters. The van der Waals surface area contributed by atoms with Gasteiger partial charge in [0, 0.05) is 24.2 Å². The Labute approximate surface area is 143 Å². The van der Waals surface area contributed by atoms with Gasteiger partial charge < -0.3 is 10.5 Å². The second kappa shape index (κ2) is 7.79. The largest absolute Gasteiger partial charge is 0.494 e. The summed E-state index contributed by atoms with van der Waals surface area (Å²) in [6.45, 7) is 3.68. The highest BCUT2D eigenvalue weighted by Gasteiger charge is 2.36. The number of sulfonamides is 1. The number of nitrogens with zero attached hydrogens (tertiary/aromatic N) is 1. The normalized spacial score (nSPS) is 20.7. The zero-order chi connectivity index (χ0) is 16.5. The lowest BCUT2D eigenvalue weighted by Gasteiger charge is -2.37. The van der Waals surface area contributed by atoms with Crippen LogP contribution >= 0.6 is 12.4 Å². The minimum absolute atomic E-state index is 0. The van der Waals surface area contributed by atoms with Gasteiger partial charge in [0.05, 0.1) is 12.0 Å². The SMILES string of the molecule is COc1ccc(S(=O)(=O)N2CCCCC2C(C)N)c(C)c1F.Cl. The van der Waals surface area contributed by atoms with Gasteiger partial charge in [-0.2, -0.15) is 4.31 Å². The first-order chi connectivity index (χ1) is 10.3. The molecule has 1 saturated heterocycles. The molecule has 8 heteroatoms. The minimum Gasteiger partial charge on any atom is -0.494 e. The highest BCUT2D eigenvalue weighted by Crippen LogP contribution is 2.31. The molecule has 2 rings (SSSR count). The Morgan fingerprint density at radius 3 is 2.61 bits per heavy atom. The van der Waals surface area contributed by atoms with Crippen molar-refractivity contribution in [1.29, 1.82) is 0 Å². The van der Waals surface area contributed by atoms with Crippen LogP contribution in [-0.4, -0.2) is 38.5 Å². The number of methoxy groups -OCH3 is 1. The fraction of sp³-hybridized carbons (Fsp3) is 0.600. The molecular weight excluding hydrogens is 343 g/mol. The maximum atomic E-state index is 14.2. The van der Waals surface area contributed by atoms with Crippen molar-refractivity contribution in [2.24, 2.45) is 5.73 Å². The van der Waals surface area contributed by atoms with Crippen LogP contribution in [0.25, 0.3) is 0 Å². The summed E-state index contributed by atoms with van der Waals surface area (Å²) in [5.74, 6) is -0.600. The molecule has 1 aliphatic heterocycles. The number of piperidine rings is 1. The zero-order valence-corrected chi connectivity index (χ0v) is 15.2. The third-order valence-corrected chi connectivity index (χ3v) is 6.28. The van der Waals surface area contributed by atoms with E-state index in [9.17, 15) is 12.8 Å². The van der Waals surface area contributed by atoms with Gasteiger partial charge in [0.1, 0.15) is 0 Å². The Morgan fingerprint density at radius 2 is 2.04 bits per heavy atom. The second-order valence-corrected chi connectivity index (χ2v) is 7.60. The van der Waals surface area contributed by atoms with Gasteiger partial charge in [0.2, 0.25) is 10.0 Å². The first kappa shape index (κ1) is 20.2. The predicted octanol–water partition coefficient (Wildman–Crippen LogP) is 2.45. The summed E-state index contributed by atoms with van der Waals surface area (Å²) < 4.78 is 46.4. The van der Waals surface area contributed by atoms with E-state index in [1.807, 2.05) is 0 Å². The van der Waals surface area contributed by atoms with Gasteiger partial charge in [-0.3, -0.25) is 0 Å². The summed E-state index contributed by atoms with van der Waals surface area (Å²) in [4.78, 5) is -0.0154. The third-order valence-electron chi connectivity index (χ3n) is 4.21. The van der Waals surface area contributed by atoms with E-state index in [1.54, 1.807) is 6.92 Å². The number of rotatable bonds is 4. The topological polar surface area (TPSA) is 72.6 Å². The van der Waals surface area contributed by atoms with Crippen molar-refractivity contribution in [2.75, 3.05) is 13.7 Å². The predicted molar refractivity (Wildman–Crippen MR) is 90.1 cm³/mol. The van der Waals surface area contributed by atoms with Crippen LogP contribution in [0.3, 0.4) is 0 Å². The molecule has 2 N–H and O–H groups in total. The van der Waals surface area contributed by atoms with Crippen molar-refractivity contribution in [3.05, 3.63) is 23.5 Å². The van der Waals surface area contributed by atoms with Crippen LogP contribution < -0.4 is 10.5 Å². The van der Waals surface area contributed by atoms with E-state index >= 15 is 0 Å². The Morgan fingerprint density at radius 1 is 1.39 bits per heavy atom. The van der Waals surface area contributed by atoms with Crippen LogP contribution in [0.5, 0.6) is 5.75 Å². The van der Waals surface area contributed by atoms with Crippen LogP contribution in [0.4, 0.5) is 4.39 Å². The van der Waals surface area contributed by atoms with E-state index in [-0.39, 0.29) is 40.7 Å². The fourth-order valence-electron chi connectivity index (χ4n) is 2.96. The van der Waals surface area contributed by atoms with Gasteiger partial charge in [-0.05, 0) is 38.8 Å². The van der Waals surface area contributed by atoms with E-state index in [2.05, 4.69) is 0 Å². The van der Waals surface area contributed by atoms with E-state index in [1.165, 1.54) is 30.5 Å². The van der Waals surface area contributed by atoms with E-state index in [0.717, 1.165) is 19.3 Å². The molecule has 0 spiro atoms. The molecule has 1 aliphatic rings. The molecule has 0 radical (unpaired) electrons. The molecule has 0 saturated carbocycles. The van der Waals surface area contributed by atoms with Crippen molar-refractivity contribution in [3.8, 4) is 5.75 Å². The summed E-state index contributed by atoms with van der Waals surface area (Å²) in [5, 5.41) is 0. The highest BCUT2D eigenvalue weighted by atomic mass is 35.5. The molecule has 0 bridgehead atoms. The third kappa shape index (κ3) is 3.79. The minimum atomic E-state index is -3.78. The smallest absolute Gasteiger partial charge is 0.243 e. The van der Waals surface area contributed by atoms with Crippen molar-refractivity contribution < 1.29 is 17.5 Å². The van der Waals surface area contributed by atoms with Gasteiger partial charge in [-0.25, -0.2) is 12.8 Å². The monoisotopic (exact) mass is 366 g/mol. The van der Waals surface area contributed by atoms with Crippen LogP contribution in [0.2, 0.25) is 0 Å². The van der Waals surface area contributed by atoms with E-state index in [4.69, 9.17) is 10.5 Å². The van der Waals surface area contributed by atoms with E-state index < -0.39 is 15.8 Å². The molecule has 1 heterocycles.